The number of anilines is 1. The Labute approximate surface area is 84.0 Å². The molecule has 1 aromatic heterocycles. The molecule has 0 saturated heterocycles. The van der Waals surface area contributed by atoms with Gasteiger partial charge in [0.15, 0.2) is 5.69 Å². The van der Waals surface area contributed by atoms with Crippen molar-refractivity contribution < 1.29 is 0 Å². The van der Waals surface area contributed by atoms with Crippen LogP contribution in [-0.2, 0) is 0 Å². The molecule has 0 fully saturated rings. The minimum atomic E-state index is 0.00282. The van der Waals surface area contributed by atoms with Gasteiger partial charge in [-0.2, -0.15) is 5.26 Å². The number of nitrogens with one attached hydrogen (secondary N) is 1. The van der Waals surface area contributed by atoms with E-state index in [9.17, 15) is 0 Å². The SMILES string of the molecule is CCC(C)(C)Nc1cnc(C#N)cn1. The normalized spacial score (nSPS) is 10.7. The second kappa shape index (κ2) is 4.05. The van der Waals surface area contributed by atoms with Crippen molar-refractivity contribution >= 4 is 5.82 Å². The maximum absolute atomic E-state index is 8.53. The van der Waals surface area contributed by atoms with E-state index < -0.39 is 0 Å². The molecule has 4 nitrogen and oxygen atoms in total. The molecule has 0 bridgehead atoms. The van der Waals surface area contributed by atoms with Crippen molar-refractivity contribution in [3.8, 4) is 6.07 Å². The quantitative estimate of drug-likeness (QED) is 0.791. The summed E-state index contributed by atoms with van der Waals surface area (Å²) in [5.74, 6) is 0.704. The molecule has 1 heterocycles. The van der Waals surface area contributed by atoms with Crippen LogP contribution in [0.1, 0.15) is 32.9 Å². The fourth-order valence-electron chi connectivity index (χ4n) is 0.885. The third-order valence-electron chi connectivity index (χ3n) is 2.12. The van der Waals surface area contributed by atoms with Crippen LogP contribution in [0.4, 0.5) is 5.82 Å². The Morgan fingerprint density at radius 1 is 1.43 bits per heavy atom. The smallest absolute Gasteiger partial charge is 0.158 e. The van der Waals surface area contributed by atoms with Crippen LogP contribution in [0.15, 0.2) is 12.4 Å². The van der Waals surface area contributed by atoms with Gasteiger partial charge in [-0.15, -0.1) is 0 Å². The molecule has 0 aliphatic rings. The fraction of sp³-hybridized carbons (Fsp3) is 0.500. The Morgan fingerprint density at radius 3 is 2.57 bits per heavy atom. The van der Waals surface area contributed by atoms with Crippen LogP contribution in [0.2, 0.25) is 0 Å². The number of hydrogen-bond acceptors (Lipinski definition) is 4. The van der Waals surface area contributed by atoms with Gasteiger partial charge in [0.25, 0.3) is 0 Å². The molecule has 0 aromatic carbocycles. The zero-order chi connectivity index (χ0) is 10.6. The molecule has 74 valence electrons. The lowest BCUT2D eigenvalue weighted by atomic mass is 10.0. The first-order valence-corrected chi connectivity index (χ1v) is 4.58. The lowest BCUT2D eigenvalue weighted by Gasteiger charge is -2.24. The molecule has 0 aliphatic carbocycles. The summed E-state index contributed by atoms with van der Waals surface area (Å²) in [5.41, 5.74) is 0.341. The van der Waals surface area contributed by atoms with Crippen molar-refractivity contribution in [1.29, 1.82) is 5.26 Å². The minimum Gasteiger partial charge on any atom is -0.364 e. The molecule has 4 heteroatoms. The lowest BCUT2D eigenvalue weighted by molar-refractivity contribution is 0.544. The standard InChI is InChI=1S/C10H14N4/c1-4-10(2,3)14-9-7-12-8(5-11)6-13-9/h6-7H,4H2,1-3H3,(H,13,14). The summed E-state index contributed by atoms with van der Waals surface area (Å²) in [6.45, 7) is 6.28. The Morgan fingerprint density at radius 2 is 2.14 bits per heavy atom. The Bertz CT molecular complexity index is 334. The van der Waals surface area contributed by atoms with E-state index in [-0.39, 0.29) is 5.54 Å². The average Bonchev–Trinajstić information content (AvgIpc) is 2.19. The van der Waals surface area contributed by atoms with E-state index in [0.29, 0.717) is 11.5 Å². The van der Waals surface area contributed by atoms with E-state index >= 15 is 0 Å². The summed E-state index contributed by atoms with van der Waals surface area (Å²) in [7, 11) is 0. The van der Waals surface area contributed by atoms with Crippen molar-refractivity contribution in [3.05, 3.63) is 18.1 Å². The predicted molar refractivity (Wildman–Crippen MR) is 54.7 cm³/mol. The summed E-state index contributed by atoms with van der Waals surface area (Å²) in [6, 6.07) is 1.93. The number of rotatable bonds is 3. The molecule has 1 aromatic rings. The Hall–Kier alpha value is -1.63. The first kappa shape index (κ1) is 10.5. The number of aromatic nitrogens is 2. The molecule has 14 heavy (non-hydrogen) atoms. The third-order valence-corrected chi connectivity index (χ3v) is 2.12. The van der Waals surface area contributed by atoms with Crippen LogP contribution in [0, 0.1) is 11.3 Å². The van der Waals surface area contributed by atoms with Crippen LogP contribution in [-0.4, -0.2) is 15.5 Å². The van der Waals surface area contributed by atoms with Crippen LogP contribution in [0.3, 0.4) is 0 Å². The maximum atomic E-state index is 8.53. The van der Waals surface area contributed by atoms with E-state index in [1.165, 1.54) is 6.20 Å². The van der Waals surface area contributed by atoms with Gasteiger partial charge in [0.05, 0.1) is 12.4 Å². The van der Waals surface area contributed by atoms with Crippen molar-refractivity contribution in [2.45, 2.75) is 32.7 Å². The number of nitrogens with zero attached hydrogens (tertiary/aromatic N) is 3. The van der Waals surface area contributed by atoms with Gasteiger partial charge >= 0.3 is 0 Å². The van der Waals surface area contributed by atoms with Crippen molar-refractivity contribution in [1.82, 2.24) is 9.97 Å². The largest absolute Gasteiger partial charge is 0.364 e. The summed E-state index contributed by atoms with van der Waals surface area (Å²) < 4.78 is 0. The molecule has 0 atom stereocenters. The van der Waals surface area contributed by atoms with Gasteiger partial charge in [0.2, 0.25) is 0 Å². The third kappa shape index (κ3) is 2.70. The molecule has 0 amide bonds. The first-order valence-electron chi connectivity index (χ1n) is 4.58. The van der Waals surface area contributed by atoms with Gasteiger partial charge < -0.3 is 5.32 Å². The van der Waals surface area contributed by atoms with Crippen molar-refractivity contribution in [2.24, 2.45) is 0 Å². The molecule has 0 aliphatic heterocycles. The lowest BCUT2D eigenvalue weighted by Crippen LogP contribution is -2.30. The molecular weight excluding hydrogens is 176 g/mol. The van der Waals surface area contributed by atoms with E-state index in [1.54, 1.807) is 6.20 Å². The first-order chi connectivity index (χ1) is 6.57. The van der Waals surface area contributed by atoms with Crippen molar-refractivity contribution in [3.63, 3.8) is 0 Å². The molecule has 1 rings (SSSR count). The van der Waals surface area contributed by atoms with Crippen LogP contribution < -0.4 is 5.32 Å². The molecule has 0 spiro atoms. The zero-order valence-corrected chi connectivity index (χ0v) is 8.70. The Kier molecular flexibility index (Phi) is 3.03. The van der Waals surface area contributed by atoms with E-state index in [0.717, 1.165) is 6.42 Å². The highest BCUT2D eigenvalue weighted by Crippen LogP contribution is 2.14. The van der Waals surface area contributed by atoms with Gasteiger partial charge in [0, 0.05) is 5.54 Å². The summed E-state index contributed by atoms with van der Waals surface area (Å²) in [5, 5.41) is 11.8. The highest BCUT2D eigenvalue weighted by molar-refractivity contribution is 5.35. The minimum absolute atomic E-state index is 0.00282. The van der Waals surface area contributed by atoms with E-state index in [4.69, 9.17) is 5.26 Å². The maximum Gasteiger partial charge on any atom is 0.158 e. The van der Waals surface area contributed by atoms with Crippen LogP contribution in [0.25, 0.3) is 0 Å². The monoisotopic (exact) mass is 190 g/mol. The fourth-order valence-corrected chi connectivity index (χ4v) is 0.885. The zero-order valence-electron chi connectivity index (χ0n) is 8.70. The Balaban J connectivity index is 2.75. The predicted octanol–water partition coefficient (Wildman–Crippen LogP) is 1.95. The topological polar surface area (TPSA) is 61.6 Å². The van der Waals surface area contributed by atoms with Crippen molar-refractivity contribution in [2.75, 3.05) is 5.32 Å². The second-order valence-electron chi connectivity index (χ2n) is 3.76. The highest BCUT2D eigenvalue weighted by Gasteiger charge is 2.14. The highest BCUT2D eigenvalue weighted by atomic mass is 15.1. The summed E-state index contributed by atoms with van der Waals surface area (Å²) in [6.07, 6.45) is 4.04. The van der Waals surface area contributed by atoms with Crippen LogP contribution in [0.5, 0.6) is 0 Å². The number of nitriles is 1. The van der Waals surface area contributed by atoms with Gasteiger partial charge in [-0.3, -0.25) is 0 Å². The molecule has 1 N–H and O–H groups in total. The van der Waals surface area contributed by atoms with Gasteiger partial charge in [-0.1, -0.05) is 6.92 Å². The molecule has 0 saturated carbocycles. The number of hydrogen-bond donors (Lipinski definition) is 1. The van der Waals surface area contributed by atoms with Crippen LogP contribution >= 0.6 is 0 Å². The van der Waals surface area contributed by atoms with Gasteiger partial charge in [-0.05, 0) is 20.3 Å². The average molecular weight is 190 g/mol. The van der Waals surface area contributed by atoms with E-state index in [1.807, 2.05) is 6.07 Å². The summed E-state index contributed by atoms with van der Waals surface area (Å²) in [4.78, 5) is 8.02. The van der Waals surface area contributed by atoms with Gasteiger partial charge in [-0.25, -0.2) is 9.97 Å². The molecular formula is C10H14N4. The molecule has 0 radical (unpaired) electrons. The summed E-state index contributed by atoms with van der Waals surface area (Å²) >= 11 is 0. The van der Waals surface area contributed by atoms with Gasteiger partial charge in [0.1, 0.15) is 11.9 Å². The van der Waals surface area contributed by atoms with E-state index in [2.05, 4.69) is 36.1 Å². The molecule has 0 unspecified atom stereocenters. The second-order valence-corrected chi connectivity index (χ2v) is 3.76.